The van der Waals surface area contributed by atoms with Gasteiger partial charge < -0.3 is 0 Å². The van der Waals surface area contributed by atoms with Crippen molar-refractivity contribution in [2.75, 3.05) is 0 Å². The van der Waals surface area contributed by atoms with E-state index in [1.54, 1.807) is 15.9 Å². The van der Waals surface area contributed by atoms with Crippen LogP contribution in [0, 0.1) is 25.2 Å². The van der Waals surface area contributed by atoms with Crippen LogP contribution in [-0.2, 0) is 12.3 Å². The topological polar surface area (TPSA) is 58.7 Å². The minimum atomic E-state index is 0.0282. The highest BCUT2D eigenvalue weighted by Crippen LogP contribution is 2.29. The largest absolute Gasteiger partial charge is 0.287 e. The van der Waals surface area contributed by atoms with Crippen LogP contribution in [0.15, 0.2) is 34.2 Å². The van der Waals surface area contributed by atoms with Crippen LogP contribution in [0.3, 0.4) is 0 Å². The molecule has 0 aliphatic heterocycles. The maximum atomic E-state index is 12.8. The lowest BCUT2D eigenvalue weighted by atomic mass is 10.1. The van der Waals surface area contributed by atoms with Crippen LogP contribution in [0.2, 0.25) is 0 Å². The van der Waals surface area contributed by atoms with Crippen LogP contribution in [0.25, 0.3) is 10.2 Å². The van der Waals surface area contributed by atoms with Crippen molar-refractivity contribution in [2.45, 2.75) is 38.2 Å². The Bertz CT molecular complexity index is 1010. The summed E-state index contributed by atoms with van der Waals surface area (Å²) in [5.74, 6) is 0.616. The molecule has 0 aliphatic rings. The summed E-state index contributed by atoms with van der Waals surface area (Å²) < 4.78 is 1.72. The molecule has 122 valence electrons. The van der Waals surface area contributed by atoms with Gasteiger partial charge in [0.15, 0.2) is 5.16 Å². The van der Waals surface area contributed by atoms with Crippen molar-refractivity contribution in [2.24, 2.45) is 0 Å². The summed E-state index contributed by atoms with van der Waals surface area (Å²) in [4.78, 5) is 19.5. The summed E-state index contributed by atoms with van der Waals surface area (Å²) >= 11 is 3.07. The quantitative estimate of drug-likeness (QED) is 0.518. The highest BCUT2D eigenvalue weighted by molar-refractivity contribution is 7.98. The third-order valence-corrected chi connectivity index (χ3v) is 6.19. The van der Waals surface area contributed by atoms with E-state index in [1.165, 1.54) is 11.8 Å². The molecule has 4 nitrogen and oxygen atoms in total. The molecule has 0 aliphatic carbocycles. The van der Waals surface area contributed by atoms with Crippen molar-refractivity contribution in [3.8, 4) is 6.07 Å². The van der Waals surface area contributed by atoms with E-state index in [4.69, 9.17) is 4.98 Å². The van der Waals surface area contributed by atoms with Gasteiger partial charge in [0.05, 0.1) is 17.0 Å². The molecule has 2 heterocycles. The van der Waals surface area contributed by atoms with Gasteiger partial charge in [-0.15, -0.1) is 11.3 Å². The van der Waals surface area contributed by atoms with E-state index in [9.17, 15) is 10.1 Å². The minimum Gasteiger partial charge on any atom is -0.287 e. The highest BCUT2D eigenvalue weighted by Gasteiger charge is 2.16. The van der Waals surface area contributed by atoms with E-state index < -0.39 is 0 Å². The number of nitrogens with zero attached hydrogens (tertiary/aromatic N) is 3. The number of fused-ring (bicyclic) bond motifs is 1. The molecule has 1 aromatic carbocycles. The number of aromatic nitrogens is 2. The van der Waals surface area contributed by atoms with Crippen LogP contribution in [0.4, 0.5) is 0 Å². The Kier molecular flexibility index (Phi) is 4.74. The summed E-state index contributed by atoms with van der Waals surface area (Å²) in [6.45, 7) is 6.54. The van der Waals surface area contributed by atoms with Gasteiger partial charge in [0.25, 0.3) is 5.56 Å². The molecule has 0 bridgehead atoms. The van der Waals surface area contributed by atoms with Crippen LogP contribution in [0.5, 0.6) is 0 Å². The molecule has 0 atom stereocenters. The van der Waals surface area contributed by atoms with Crippen LogP contribution in [0.1, 0.15) is 28.5 Å². The lowest BCUT2D eigenvalue weighted by Gasteiger charge is -2.10. The first kappa shape index (κ1) is 16.7. The second-order valence-electron chi connectivity index (χ2n) is 5.46. The van der Waals surface area contributed by atoms with Crippen molar-refractivity contribution in [1.29, 1.82) is 5.26 Å². The molecule has 0 radical (unpaired) electrons. The number of aryl methyl sites for hydroxylation is 2. The first-order valence-electron chi connectivity index (χ1n) is 7.68. The second kappa shape index (κ2) is 6.80. The fourth-order valence-corrected chi connectivity index (χ4v) is 4.73. The van der Waals surface area contributed by atoms with Gasteiger partial charge in [-0.1, -0.05) is 30.0 Å². The molecule has 6 heteroatoms. The predicted octanol–water partition coefficient (Wildman–Crippen LogP) is 4.26. The van der Waals surface area contributed by atoms with Crippen LogP contribution >= 0.6 is 23.1 Å². The smallest absolute Gasteiger partial charge is 0.263 e. The Labute approximate surface area is 148 Å². The molecular formula is C18H17N3OS2. The minimum absolute atomic E-state index is 0.0282. The average molecular weight is 355 g/mol. The maximum absolute atomic E-state index is 12.8. The molecule has 24 heavy (non-hydrogen) atoms. The zero-order valence-electron chi connectivity index (χ0n) is 13.8. The second-order valence-corrected chi connectivity index (χ2v) is 7.61. The average Bonchev–Trinajstić information content (AvgIpc) is 2.87. The summed E-state index contributed by atoms with van der Waals surface area (Å²) in [7, 11) is 0. The lowest BCUT2D eigenvalue weighted by molar-refractivity contribution is 0.635. The van der Waals surface area contributed by atoms with E-state index in [1.807, 2.05) is 45.0 Å². The Morgan fingerprint density at radius 1 is 1.33 bits per heavy atom. The zero-order chi connectivity index (χ0) is 17.3. The monoisotopic (exact) mass is 355 g/mol. The van der Waals surface area contributed by atoms with Gasteiger partial charge in [0, 0.05) is 17.2 Å². The first-order chi connectivity index (χ1) is 11.6. The predicted molar refractivity (Wildman–Crippen MR) is 99.7 cm³/mol. The number of benzene rings is 1. The number of hydrogen-bond donors (Lipinski definition) is 0. The number of nitriles is 1. The number of thiophene rings is 1. The van der Waals surface area contributed by atoms with Gasteiger partial charge in [-0.2, -0.15) is 5.26 Å². The van der Waals surface area contributed by atoms with Gasteiger partial charge in [0.1, 0.15) is 4.83 Å². The van der Waals surface area contributed by atoms with Crippen LogP contribution in [-0.4, -0.2) is 9.55 Å². The van der Waals surface area contributed by atoms with Gasteiger partial charge in [-0.05, 0) is 38.0 Å². The maximum Gasteiger partial charge on any atom is 0.263 e. The van der Waals surface area contributed by atoms with Gasteiger partial charge in [0.2, 0.25) is 0 Å². The molecule has 0 unspecified atom stereocenters. The molecule has 0 spiro atoms. The standard InChI is InChI=1S/C18H17N3OS2/c1-4-21-17(22)15-11(2)12(3)24-16(15)20-18(21)23-10-14-8-6-5-7-13(14)9-19/h5-8H,4,10H2,1-3H3. The van der Waals surface area contributed by atoms with Gasteiger partial charge in [-0.3, -0.25) is 9.36 Å². The normalized spacial score (nSPS) is 10.9. The summed E-state index contributed by atoms with van der Waals surface area (Å²) in [5.41, 5.74) is 2.68. The third kappa shape index (κ3) is 2.85. The third-order valence-electron chi connectivity index (χ3n) is 4.06. The SMILES string of the molecule is CCn1c(SCc2ccccc2C#N)nc2sc(C)c(C)c2c1=O. The molecule has 0 amide bonds. The highest BCUT2D eigenvalue weighted by atomic mass is 32.2. The Morgan fingerprint density at radius 2 is 2.08 bits per heavy atom. The van der Waals surface area contributed by atoms with Gasteiger partial charge in [-0.25, -0.2) is 4.98 Å². The van der Waals surface area contributed by atoms with E-state index in [-0.39, 0.29) is 5.56 Å². The molecule has 0 saturated carbocycles. The number of hydrogen-bond acceptors (Lipinski definition) is 5. The van der Waals surface area contributed by atoms with Crippen molar-refractivity contribution in [3.63, 3.8) is 0 Å². The summed E-state index contributed by atoms with van der Waals surface area (Å²) in [6, 6.07) is 9.75. The van der Waals surface area contributed by atoms with Gasteiger partial charge >= 0.3 is 0 Å². The fourth-order valence-electron chi connectivity index (χ4n) is 2.60. The Hall–Kier alpha value is -2.10. The molecule has 3 aromatic rings. The zero-order valence-corrected chi connectivity index (χ0v) is 15.4. The molecule has 0 saturated heterocycles. The molecule has 0 fully saturated rings. The molecule has 2 aromatic heterocycles. The molecule has 3 rings (SSSR count). The number of thioether (sulfide) groups is 1. The summed E-state index contributed by atoms with van der Waals surface area (Å²) in [5, 5.41) is 10.7. The van der Waals surface area contributed by atoms with E-state index in [0.717, 1.165) is 26.2 Å². The Balaban J connectivity index is 2.03. The van der Waals surface area contributed by atoms with Crippen molar-refractivity contribution >= 4 is 33.3 Å². The van der Waals surface area contributed by atoms with Crippen molar-refractivity contribution < 1.29 is 0 Å². The Morgan fingerprint density at radius 3 is 2.79 bits per heavy atom. The lowest BCUT2D eigenvalue weighted by Crippen LogP contribution is -2.22. The van der Waals surface area contributed by atoms with Crippen molar-refractivity contribution in [3.05, 3.63) is 56.2 Å². The first-order valence-corrected chi connectivity index (χ1v) is 9.48. The van der Waals surface area contributed by atoms with E-state index in [2.05, 4.69) is 6.07 Å². The van der Waals surface area contributed by atoms with E-state index >= 15 is 0 Å². The van der Waals surface area contributed by atoms with Crippen LogP contribution < -0.4 is 5.56 Å². The van der Waals surface area contributed by atoms with Crippen molar-refractivity contribution in [1.82, 2.24) is 9.55 Å². The van der Waals surface area contributed by atoms with E-state index in [0.29, 0.717) is 23.0 Å². The summed E-state index contributed by atoms with van der Waals surface area (Å²) in [6.07, 6.45) is 0. The number of rotatable bonds is 4. The fraction of sp³-hybridized carbons (Fsp3) is 0.278. The molecule has 0 N–H and O–H groups in total. The molecular weight excluding hydrogens is 338 g/mol.